The Morgan fingerprint density at radius 3 is 2.50 bits per heavy atom. The Hall–Kier alpha value is -3.69. The van der Waals surface area contributed by atoms with Crippen LogP contribution in [-0.2, 0) is 14.4 Å². The highest BCUT2D eigenvalue weighted by molar-refractivity contribution is 6.25. The van der Waals surface area contributed by atoms with E-state index in [1.807, 2.05) is 26.0 Å². The molecule has 10 heteroatoms. The van der Waals surface area contributed by atoms with Crippen molar-refractivity contribution in [2.45, 2.75) is 25.9 Å². The summed E-state index contributed by atoms with van der Waals surface area (Å²) in [5, 5.41) is 11.4. The molecule has 0 radical (unpaired) electrons. The van der Waals surface area contributed by atoms with Gasteiger partial charge in [0.1, 0.15) is 6.54 Å². The van der Waals surface area contributed by atoms with Gasteiger partial charge < -0.3 is 5.32 Å². The van der Waals surface area contributed by atoms with Gasteiger partial charge in [0.25, 0.3) is 11.8 Å². The number of fused-ring (bicyclic) bond motifs is 1. The standard InChI is InChI=1S/C20H17F2N5O3/c1-10-3-4-12(7-11(10)2)23-16(28)9-26-18-17(24-25-26)19(29)27(20(18)30)13-5-6-14(21)15(22)8-13/h3-8,17-18H,9H2,1-2H3,(H,23,28)/t17-,18-/m0/s1. The molecule has 2 aliphatic rings. The van der Waals surface area contributed by atoms with Crippen LogP contribution in [0.4, 0.5) is 20.2 Å². The second-order valence-corrected chi connectivity index (χ2v) is 7.15. The minimum Gasteiger partial charge on any atom is -0.324 e. The maximum Gasteiger partial charge on any atom is 0.263 e. The van der Waals surface area contributed by atoms with E-state index in [9.17, 15) is 23.2 Å². The van der Waals surface area contributed by atoms with Crippen molar-refractivity contribution in [2.24, 2.45) is 10.3 Å². The van der Waals surface area contributed by atoms with E-state index < -0.39 is 41.4 Å². The molecule has 8 nitrogen and oxygen atoms in total. The number of rotatable bonds is 4. The molecule has 2 atom stereocenters. The predicted molar refractivity (Wildman–Crippen MR) is 103 cm³/mol. The van der Waals surface area contributed by atoms with Crippen LogP contribution in [-0.4, -0.2) is 41.4 Å². The normalized spacial score (nSPS) is 20.1. The van der Waals surface area contributed by atoms with Crippen molar-refractivity contribution in [3.63, 3.8) is 0 Å². The van der Waals surface area contributed by atoms with E-state index in [4.69, 9.17) is 0 Å². The fraction of sp³-hybridized carbons (Fsp3) is 0.250. The van der Waals surface area contributed by atoms with Gasteiger partial charge in [-0.3, -0.25) is 19.4 Å². The van der Waals surface area contributed by atoms with E-state index in [0.717, 1.165) is 39.2 Å². The topological polar surface area (TPSA) is 94.4 Å². The lowest BCUT2D eigenvalue weighted by molar-refractivity contribution is -0.123. The first kappa shape index (κ1) is 19.6. The van der Waals surface area contributed by atoms with Crippen LogP contribution in [0.1, 0.15) is 11.1 Å². The van der Waals surface area contributed by atoms with Crippen LogP contribution in [0.2, 0.25) is 0 Å². The second kappa shape index (κ2) is 7.29. The summed E-state index contributed by atoms with van der Waals surface area (Å²) in [6, 6.07) is 5.91. The summed E-state index contributed by atoms with van der Waals surface area (Å²) >= 11 is 0. The van der Waals surface area contributed by atoms with Crippen LogP contribution >= 0.6 is 0 Å². The average Bonchev–Trinajstić information content (AvgIpc) is 3.21. The zero-order chi connectivity index (χ0) is 21.6. The van der Waals surface area contributed by atoms with Gasteiger partial charge in [0.05, 0.1) is 5.69 Å². The largest absolute Gasteiger partial charge is 0.324 e. The van der Waals surface area contributed by atoms with Crippen LogP contribution in [0.5, 0.6) is 0 Å². The van der Waals surface area contributed by atoms with Crippen LogP contribution in [0.3, 0.4) is 0 Å². The molecule has 2 aromatic carbocycles. The monoisotopic (exact) mass is 413 g/mol. The summed E-state index contributed by atoms with van der Waals surface area (Å²) in [5.41, 5.74) is 2.57. The molecule has 0 spiro atoms. The van der Waals surface area contributed by atoms with Gasteiger partial charge in [-0.25, -0.2) is 13.7 Å². The zero-order valence-corrected chi connectivity index (χ0v) is 16.1. The van der Waals surface area contributed by atoms with Gasteiger partial charge in [-0.05, 0) is 49.2 Å². The lowest BCUT2D eigenvalue weighted by Crippen LogP contribution is -2.43. The van der Waals surface area contributed by atoms with Gasteiger partial charge in [0, 0.05) is 11.8 Å². The summed E-state index contributed by atoms with van der Waals surface area (Å²) < 4.78 is 26.7. The molecule has 30 heavy (non-hydrogen) atoms. The fourth-order valence-electron chi connectivity index (χ4n) is 3.40. The molecule has 4 rings (SSSR count). The number of carbonyl (C=O) groups excluding carboxylic acids is 3. The molecule has 1 fully saturated rings. The van der Waals surface area contributed by atoms with Crippen molar-refractivity contribution in [1.29, 1.82) is 0 Å². The Kier molecular flexibility index (Phi) is 4.76. The lowest BCUT2D eigenvalue weighted by atomic mass is 10.1. The predicted octanol–water partition coefficient (Wildman–Crippen LogP) is 2.51. The summed E-state index contributed by atoms with van der Waals surface area (Å²) in [6.45, 7) is 3.56. The van der Waals surface area contributed by atoms with Gasteiger partial charge in [0.15, 0.2) is 23.7 Å². The Bertz CT molecular complexity index is 1100. The highest BCUT2D eigenvalue weighted by atomic mass is 19.2. The molecular weight excluding hydrogens is 396 g/mol. The van der Waals surface area contributed by atoms with Crippen molar-refractivity contribution in [3.8, 4) is 0 Å². The smallest absolute Gasteiger partial charge is 0.263 e. The highest BCUT2D eigenvalue weighted by Gasteiger charge is 2.55. The van der Waals surface area contributed by atoms with E-state index in [1.54, 1.807) is 6.07 Å². The van der Waals surface area contributed by atoms with Crippen molar-refractivity contribution in [2.75, 3.05) is 16.8 Å². The Morgan fingerprint density at radius 1 is 1.03 bits per heavy atom. The Labute approximate surface area is 170 Å². The second-order valence-electron chi connectivity index (χ2n) is 7.15. The molecule has 1 N–H and O–H groups in total. The van der Waals surface area contributed by atoms with E-state index >= 15 is 0 Å². The van der Waals surface area contributed by atoms with Crippen LogP contribution in [0, 0.1) is 25.5 Å². The molecule has 2 heterocycles. The van der Waals surface area contributed by atoms with E-state index in [-0.39, 0.29) is 12.2 Å². The first-order chi connectivity index (χ1) is 14.3. The number of nitrogens with zero attached hydrogens (tertiary/aromatic N) is 4. The highest BCUT2D eigenvalue weighted by Crippen LogP contribution is 2.32. The van der Waals surface area contributed by atoms with E-state index in [1.165, 1.54) is 0 Å². The number of carbonyl (C=O) groups is 3. The van der Waals surface area contributed by atoms with Crippen LogP contribution < -0.4 is 10.2 Å². The van der Waals surface area contributed by atoms with Gasteiger partial charge >= 0.3 is 0 Å². The zero-order valence-electron chi connectivity index (χ0n) is 16.1. The van der Waals surface area contributed by atoms with Crippen molar-refractivity contribution in [1.82, 2.24) is 5.01 Å². The molecule has 3 amide bonds. The number of hydrogen-bond acceptors (Lipinski definition) is 6. The number of benzene rings is 2. The number of amides is 3. The van der Waals surface area contributed by atoms with Gasteiger partial charge in [-0.15, -0.1) is 0 Å². The summed E-state index contributed by atoms with van der Waals surface area (Å²) in [7, 11) is 0. The molecule has 0 aliphatic carbocycles. The fourth-order valence-corrected chi connectivity index (χ4v) is 3.40. The third kappa shape index (κ3) is 3.30. The maximum atomic E-state index is 13.6. The molecule has 0 bridgehead atoms. The summed E-state index contributed by atoms with van der Waals surface area (Å²) in [6.07, 6.45) is 0. The van der Waals surface area contributed by atoms with Crippen LogP contribution in [0.25, 0.3) is 0 Å². The third-order valence-electron chi connectivity index (χ3n) is 5.12. The maximum absolute atomic E-state index is 13.6. The molecule has 0 saturated carbocycles. The first-order valence-corrected chi connectivity index (χ1v) is 9.13. The van der Waals surface area contributed by atoms with Crippen molar-refractivity contribution < 1.29 is 23.2 Å². The summed E-state index contributed by atoms with van der Waals surface area (Å²) in [4.78, 5) is 38.6. The van der Waals surface area contributed by atoms with E-state index in [0.29, 0.717) is 5.69 Å². The number of aryl methyl sites for hydroxylation is 2. The number of anilines is 2. The lowest BCUT2D eigenvalue weighted by Gasteiger charge is -2.20. The third-order valence-corrected chi connectivity index (χ3v) is 5.12. The molecule has 0 unspecified atom stereocenters. The quantitative estimate of drug-likeness (QED) is 0.780. The average molecular weight is 413 g/mol. The first-order valence-electron chi connectivity index (χ1n) is 9.13. The number of halogens is 2. The van der Waals surface area contributed by atoms with Crippen molar-refractivity contribution in [3.05, 3.63) is 59.2 Å². The van der Waals surface area contributed by atoms with Crippen molar-refractivity contribution >= 4 is 29.1 Å². The minimum absolute atomic E-state index is 0.104. The Balaban J connectivity index is 1.49. The molecule has 2 aliphatic heterocycles. The molecule has 2 aromatic rings. The SMILES string of the molecule is Cc1ccc(NC(=O)CN2N=N[C@@H]3C(=O)N(c4ccc(F)c(F)c4)C(=O)[C@H]32)cc1C. The number of hydrogen-bond donors (Lipinski definition) is 1. The van der Waals surface area contributed by atoms with Gasteiger partial charge in [-0.2, -0.15) is 5.11 Å². The molecular formula is C20H17F2N5O3. The summed E-state index contributed by atoms with van der Waals surface area (Å²) in [5.74, 6) is -4.14. The van der Waals surface area contributed by atoms with Gasteiger partial charge in [-0.1, -0.05) is 11.3 Å². The number of imide groups is 1. The van der Waals surface area contributed by atoms with E-state index in [2.05, 4.69) is 15.7 Å². The molecule has 154 valence electrons. The van der Waals surface area contributed by atoms with Crippen LogP contribution in [0.15, 0.2) is 46.7 Å². The minimum atomic E-state index is -1.18. The molecule has 1 saturated heterocycles. The Morgan fingerprint density at radius 2 is 1.80 bits per heavy atom. The molecule has 0 aromatic heterocycles. The van der Waals surface area contributed by atoms with Gasteiger partial charge in [0.2, 0.25) is 5.91 Å². The number of nitrogens with one attached hydrogen (secondary N) is 1.